The van der Waals surface area contributed by atoms with Crippen LogP contribution in [0, 0.1) is 12.7 Å². The van der Waals surface area contributed by atoms with Crippen molar-refractivity contribution in [2.24, 2.45) is 0 Å². The zero-order valence-electron chi connectivity index (χ0n) is 11.9. The van der Waals surface area contributed by atoms with E-state index in [1.165, 1.54) is 6.07 Å². The molecule has 5 nitrogen and oxygen atoms in total. The molecule has 2 heterocycles. The Morgan fingerprint density at radius 1 is 1.05 bits per heavy atom. The summed E-state index contributed by atoms with van der Waals surface area (Å²) >= 11 is 0. The van der Waals surface area contributed by atoms with Gasteiger partial charge in [-0.05, 0) is 36.8 Å². The maximum absolute atomic E-state index is 13.6. The molecule has 3 aromatic rings. The maximum Gasteiger partial charge on any atom is 0.222 e. The molecule has 0 aliphatic heterocycles. The molecule has 0 atom stereocenters. The first-order valence-corrected chi connectivity index (χ1v) is 6.70. The van der Waals surface area contributed by atoms with Crippen LogP contribution in [-0.4, -0.2) is 15.0 Å². The van der Waals surface area contributed by atoms with E-state index in [1.807, 2.05) is 12.1 Å². The molecule has 2 aromatic heterocycles. The van der Waals surface area contributed by atoms with Crippen LogP contribution in [0.5, 0.6) is 0 Å². The second-order valence-corrected chi connectivity index (χ2v) is 4.82. The smallest absolute Gasteiger partial charge is 0.222 e. The third kappa shape index (κ3) is 3.01. The second-order valence-electron chi connectivity index (χ2n) is 4.82. The Labute approximate surface area is 127 Å². The SMILES string of the molecule is Cc1ccc(Nc2cc(-c3ccncc3)nc(N)n2)cc1F. The van der Waals surface area contributed by atoms with Gasteiger partial charge in [-0.25, -0.2) is 9.37 Å². The van der Waals surface area contributed by atoms with Crippen LogP contribution in [0.25, 0.3) is 11.3 Å². The summed E-state index contributed by atoms with van der Waals surface area (Å²) in [6.45, 7) is 1.71. The van der Waals surface area contributed by atoms with Gasteiger partial charge in [0.25, 0.3) is 0 Å². The van der Waals surface area contributed by atoms with Crippen LogP contribution in [0.3, 0.4) is 0 Å². The summed E-state index contributed by atoms with van der Waals surface area (Å²) in [6.07, 6.45) is 3.35. The van der Waals surface area contributed by atoms with E-state index in [0.717, 1.165) is 5.56 Å². The van der Waals surface area contributed by atoms with E-state index >= 15 is 0 Å². The monoisotopic (exact) mass is 295 g/mol. The van der Waals surface area contributed by atoms with E-state index in [4.69, 9.17) is 5.73 Å². The lowest BCUT2D eigenvalue weighted by Gasteiger charge is -2.09. The number of hydrogen-bond acceptors (Lipinski definition) is 5. The highest BCUT2D eigenvalue weighted by atomic mass is 19.1. The number of anilines is 3. The molecular formula is C16H14FN5. The topological polar surface area (TPSA) is 76.7 Å². The number of hydrogen-bond donors (Lipinski definition) is 2. The van der Waals surface area contributed by atoms with E-state index in [2.05, 4.69) is 20.3 Å². The van der Waals surface area contributed by atoms with Gasteiger partial charge in [0.1, 0.15) is 11.6 Å². The number of halogens is 1. The number of nitrogens with one attached hydrogen (secondary N) is 1. The van der Waals surface area contributed by atoms with Crippen LogP contribution in [0.4, 0.5) is 21.8 Å². The van der Waals surface area contributed by atoms with Gasteiger partial charge in [0.2, 0.25) is 5.95 Å². The van der Waals surface area contributed by atoms with Crippen LogP contribution >= 0.6 is 0 Å². The number of pyridine rings is 1. The third-order valence-corrected chi connectivity index (χ3v) is 3.16. The summed E-state index contributed by atoms with van der Waals surface area (Å²) in [7, 11) is 0. The molecule has 0 saturated carbocycles. The van der Waals surface area contributed by atoms with Crippen molar-refractivity contribution in [3.8, 4) is 11.3 Å². The van der Waals surface area contributed by atoms with Gasteiger partial charge < -0.3 is 11.1 Å². The lowest BCUT2D eigenvalue weighted by molar-refractivity contribution is 0.619. The Hall–Kier alpha value is -3.02. The maximum atomic E-state index is 13.6. The molecule has 6 heteroatoms. The molecular weight excluding hydrogens is 281 g/mol. The van der Waals surface area contributed by atoms with Crippen molar-refractivity contribution in [1.29, 1.82) is 0 Å². The van der Waals surface area contributed by atoms with Crippen molar-refractivity contribution < 1.29 is 4.39 Å². The summed E-state index contributed by atoms with van der Waals surface area (Å²) in [6, 6.07) is 10.3. The second kappa shape index (κ2) is 5.77. The molecule has 22 heavy (non-hydrogen) atoms. The predicted molar refractivity (Wildman–Crippen MR) is 84.1 cm³/mol. The van der Waals surface area contributed by atoms with Crippen molar-refractivity contribution in [2.75, 3.05) is 11.1 Å². The average molecular weight is 295 g/mol. The van der Waals surface area contributed by atoms with E-state index in [1.54, 1.807) is 37.5 Å². The van der Waals surface area contributed by atoms with Gasteiger partial charge in [0, 0.05) is 29.7 Å². The summed E-state index contributed by atoms with van der Waals surface area (Å²) < 4.78 is 13.6. The van der Waals surface area contributed by atoms with E-state index < -0.39 is 0 Å². The fourth-order valence-corrected chi connectivity index (χ4v) is 2.02. The van der Waals surface area contributed by atoms with E-state index in [9.17, 15) is 4.39 Å². The van der Waals surface area contributed by atoms with Crippen molar-refractivity contribution >= 4 is 17.5 Å². The molecule has 0 radical (unpaired) electrons. The molecule has 0 saturated heterocycles. The third-order valence-electron chi connectivity index (χ3n) is 3.16. The van der Waals surface area contributed by atoms with Crippen molar-refractivity contribution in [3.63, 3.8) is 0 Å². The van der Waals surface area contributed by atoms with Gasteiger partial charge in [-0.3, -0.25) is 4.98 Å². The zero-order chi connectivity index (χ0) is 15.5. The van der Waals surface area contributed by atoms with Gasteiger partial charge in [0.15, 0.2) is 0 Å². The largest absolute Gasteiger partial charge is 0.368 e. The number of aromatic nitrogens is 3. The van der Waals surface area contributed by atoms with Gasteiger partial charge in [-0.1, -0.05) is 6.07 Å². The summed E-state index contributed by atoms with van der Waals surface area (Å²) in [4.78, 5) is 12.3. The van der Waals surface area contributed by atoms with Crippen LogP contribution in [0.1, 0.15) is 5.56 Å². The molecule has 0 spiro atoms. The Morgan fingerprint density at radius 3 is 2.55 bits per heavy atom. The first kappa shape index (κ1) is 13.9. The molecule has 0 unspecified atom stereocenters. The van der Waals surface area contributed by atoms with Crippen LogP contribution in [-0.2, 0) is 0 Å². The molecule has 3 N–H and O–H groups in total. The lowest BCUT2D eigenvalue weighted by atomic mass is 10.2. The average Bonchev–Trinajstić information content (AvgIpc) is 2.51. The molecule has 1 aromatic carbocycles. The first-order valence-electron chi connectivity index (χ1n) is 6.70. The minimum Gasteiger partial charge on any atom is -0.368 e. The van der Waals surface area contributed by atoms with Crippen LogP contribution < -0.4 is 11.1 Å². The standard InChI is InChI=1S/C16H14FN5/c1-10-2-3-12(8-13(10)17)20-15-9-14(21-16(18)22-15)11-4-6-19-7-5-11/h2-9H,1H3,(H3,18,20,21,22). The van der Waals surface area contributed by atoms with Gasteiger partial charge in [0.05, 0.1) is 5.69 Å². The minimum absolute atomic E-state index is 0.143. The minimum atomic E-state index is -0.276. The van der Waals surface area contributed by atoms with E-state index in [0.29, 0.717) is 22.8 Å². The van der Waals surface area contributed by atoms with Crippen molar-refractivity contribution in [2.45, 2.75) is 6.92 Å². The molecule has 0 aliphatic carbocycles. The lowest BCUT2D eigenvalue weighted by Crippen LogP contribution is -2.02. The number of aryl methyl sites for hydroxylation is 1. The highest BCUT2D eigenvalue weighted by Crippen LogP contribution is 2.23. The number of nitrogens with zero attached hydrogens (tertiary/aromatic N) is 3. The van der Waals surface area contributed by atoms with Crippen LogP contribution in [0.15, 0.2) is 48.8 Å². The number of benzene rings is 1. The van der Waals surface area contributed by atoms with Crippen molar-refractivity contribution in [3.05, 3.63) is 60.2 Å². The van der Waals surface area contributed by atoms with Crippen molar-refractivity contribution in [1.82, 2.24) is 15.0 Å². The molecule has 0 amide bonds. The predicted octanol–water partition coefficient (Wildman–Crippen LogP) is 3.31. The Kier molecular flexibility index (Phi) is 3.65. The Bertz CT molecular complexity index is 805. The zero-order valence-corrected chi connectivity index (χ0v) is 11.9. The fourth-order valence-electron chi connectivity index (χ4n) is 2.02. The fraction of sp³-hybridized carbons (Fsp3) is 0.0625. The Balaban J connectivity index is 1.94. The molecule has 110 valence electrons. The quantitative estimate of drug-likeness (QED) is 0.775. The first-order chi connectivity index (χ1) is 10.6. The van der Waals surface area contributed by atoms with E-state index in [-0.39, 0.29) is 11.8 Å². The summed E-state index contributed by atoms with van der Waals surface area (Å²) in [5.41, 5.74) is 8.49. The molecule has 0 fully saturated rings. The molecule has 0 aliphatic rings. The highest BCUT2D eigenvalue weighted by Gasteiger charge is 2.06. The molecule has 3 rings (SSSR count). The summed E-state index contributed by atoms with van der Waals surface area (Å²) in [5.74, 6) is 0.369. The van der Waals surface area contributed by atoms with Crippen LogP contribution in [0.2, 0.25) is 0 Å². The van der Waals surface area contributed by atoms with Gasteiger partial charge in [-0.2, -0.15) is 4.98 Å². The number of rotatable bonds is 3. The highest BCUT2D eigenvalue weighted by molar-refractivity contribution is 5.66. The van der Waals surface area contributed by atoms with Gasteiger partial charge in [-0.15, -0.1) is 0 Å². The number of nitrogen functional groups attached to an aromatic ring is 1. The van der Waals surface area contributed by atoms with Gasteiger partial charge >= 0.3 is 0 Å². The normalized spacial score (nSPS) is 10.5. The Morgan fingerprint density at radius 2 is 1.82 bits per heavy atom. The summed E-state index contributed by atoms with van der Waals surface area (Å²) in [5, 5.41) is 3.04. The molecule has 0 bridgehead atoms. The number of nitrogens with two attached hydrogens (primary N) is 1.